The minimum Gasteiger partial charge on any atom is -0.457 e. The molecule has 0 aliphatic rings. The average molecular weight is 294 g/mol. The Morgan fingerprint density at radius 2 is 2.00 bits per heavy atom. The van der Waals surface area contributed by atoms with Crippen molar-refractivity contribution >= 4 is 22.8 Å². The van der Waals surface area contributed by atoms with Gasteiger partial charge in [0, 0.05) is 11.1 Å². The van der Waals surface area contributed by atoms with E-state index in [9.17, 15) is 4.79 Å². The molecular formula is C20H22O2. The van der Waals surface area contributed by atoms with E-state index in [2.05, 4.69) is 50.8 Å². The molecule has 0 heterocycles. The Bertz CT molecular complexity index is 767. The summed E-state index contributed by atoms with van der Waals surface area (Å²) >= 11 is 0. The molecule has 2 heteroatoms. The number of carbonyl (C=O) groups is 1. The molecular weight excluding hydrogens is 272 g/mol. The fourth-order valence-electron chi connectivity index (χ4n) is 2.56. The van der Waals surface area contributed by atoms with Gasteiger partial charge in [-0.3, -0.25) is 0 Å². The van der Waals surface area contributed by atoms with Gasteiger partial charge in [0.2, 0.25) is 0 Å². The quantitative estimate of drug-likeness (QED) is 0.578. The van der Waals surface area contributed by atoms with E-state index in [4.69, 9.17) is 4.74 Å². The molecule has 0 amide bonds. The Morgan fingerprint density at radius 3 is 2.64 bits per heavy atom. The van der Waals surface area contributed by atoms with Gasteiger partial charge in [-0.25, -0.2) is 4.79 Å². The molecule has 2 nitrogen and oxygen atoms in total. The zero-order valence-corrected chi connectivity index (χ0v) is 13.7. The fourth-order valence-corrected chi connectivity index (χ4v) is 2.56. The van der Waals surface area contributed by atoms with E-state index in [0.29, 0.717) is 5.57 Å². The highest BCUT2D eigenvalue weighted by molar-refractivity contribution is 5.90. The number of carbonyl (C=O) groups excluding carboxylic acids is 1. The summed E-state index contributed by atoms with van der Waals surface area (Å²) in [6, 6.07) is 8.57. The summed E-state index contributed by atoms with van der Waals surface area (Å²) < 4.78 is 5.36. The Hall–Kier alpha value is -2.35. The third kappa shape index (κ3) is 3.28. The van der Waals surface area contributed by atoms with E-state index >= 15 is 0 Å². The highest BCUT2D eigenvalue weighted by Gasteiger charge is 2.12. The standard InChI is InChI=1S/C20H22O2/c1-6-7-16-11-17-10-14(4)8-9-18(17)15(5)19(16)12-22-20(21)13(2)3/h6-11H,2,12H2,1,3-5H3. The number of hydrogen-bond donors (Lipinski definition) is 0. The molecule has 0 aromatic heterocycles. The first-order valence-corrected chi connectivity index (χ1v) is 7.42. The van der Waals surface area contributed by atoms with E-state index in [-0.39, 0.29) is 12.6 Å². The van der Waals surface area contributed by atoms with E-state index in [1.54, 1.807) is 6.92 Å². The van der Waals surface area contributed by atoms with E-state index < -0.39 is 0 Å². The molecule has 0 bridgehead atoms. The number of hydrogen-bond acceptors (Lipinski definition) is 2. The maximum absolute atomic E-state index is 11.7. The van der Waals surface area contributed by atoms with Gasteiger partial charge >= 0.3 is 5.97 Å². The summed E-state index contributed by atoms with van der Waals surface area (Å²) in [6.07, 6.45) is 4.05. The zero-order valence-electron chi connectivity index (χ0n) is 13.7. The van der Waals surface area contributed by atoms with Crippen LogP contribution in [0.3, 0.4) is 0 Å². The van der Waals surface area contributed by atoms with Gasteiger partial charge < -0.3 is 4.74 Å². The van der Waals surface area contributed by atoms with Crippen LogP contribution in [0.1, 0.15) is 36.1 Å². The third-order valence-corrected chi connectivity index (χ3v) is 3.77. The highest BCUT2D eigenvalue weighted by Crippen LogP contribution is 2.28. The molecule has 22 heavy (non-hydrogen) atoms. The highest BCUT2D eigenvalue weighted by atomic mass is 16.5. The molecule has 0 aliphatic carbocycles. The van der Waals surface area contributed by atoms with Crippen molar-refractivity contribution in [1.82, 2.24) is 0 Å². The van der Waals surface area contributed by atoms with Crippen LogP contribution in [-0.2, 0) is 16.1 Å². The summed E-state index contributed by atoms with van der Waals surface area (Å²) in [5.74, 6) is -0.352. The molecule has 2 rings (SSSR count). The first-order valence-electron chi connectivity index (χ1n) is 7.42. The van der Waals surface area contributed by atoms with Gasteiger partial charge in [-0.2, -0.15) is 0 Å². The number of fused-ring (bicyclic) bond motifs is 1. The molecule has 0 spiro atoms. The number of benzene rings is 2. The van der Waals surface area contributed by atoms with E-state index in [1.165, 1.54) is 16.3 Å². The number of esters is 1. The molecule has 2 aromatic carbocycles. The van der Waals surface area contributed by atoms with Crippen molar-refractivity contribution in [2.75, 3.05) is 0 Å². The monoisotopic (exact) mass is 294 g/mol. The van der Waals surface area contributed by atoms with Crippen LogP contribution in [0.2, 0.25) is 0 Å². The average Bonchev–Trinajstić information content (AvgIpc) is 2.46. The molecule has 0 saturated heterocycles. The van der Waals surface area contributed by atoms with Crippen molar-refractivity contribution in [1.29, 1.82) is 0 Å². The number of allylic oxidation sites excluding steroid dienone is 1. The number of ether oxygens (including phenoxy) is 1. The number of rotatable bonds is 4. The van der Waals surface area contributed by atoms with Gasteiger partial charge in [-0.1, -0.05) is 42.5 Å². The Balaban J connectivity index is 2.53. The minimum atomic E-state index is -0.352. The molecule has 2 aromatic rings. The van der Waals surface area contributed by atoms with Crippen LogP contribution in [0.25, 0.3) is 16.8 Å². The van der Waals surface area contributed by atoms with Gasteiger partial charge in [0.25, 0.3) is 0 Å². The maximum atomic E-state index is 11.7. The summed E-state index contributed by atoms with van der Waals surface area (Å²) in [7, 11) is 0. The predicted molar refractivity (Wildman–Crippen MR) is 92.7 cm³/mol. The van der Waals surface area contributed by atoms with Crippen molar-refractivity contribution < 1.29 is 9.53 Å². The minimum absolute atomic E-state index is 0.265. The first-order chi connectivity index (χ1) is 10.4. The lowest BCUT2D eigenvalue weighted by molar-refractivity contribution is -0.140. The summed E-state index contributed by atoms with van der Waals surface area (Å²) in [5.41, 5.74) is 4.94. The first kappa shape index (κ1) is 16.0. The van der Waals surface area contributed by atoms with Crippen LogP contribution in [-0.4, -0.2) is 5.97 Å². The second-order valence-corrected chi connectivity index (χ2v) is 5.65. The molecule has 0 saturated carbocycles. The summed E-state index contributed by atoms with van der Waals surface area (Å²) in [6.45, 7) is 11.7. The molecule has 0 N–H and O–H groups in total. The maximum Gasteiger partial charge on any atom is 0.333 e. The molecule has 114 valence electrons. The second-order valence-electron chi connectivity index (χ2n) is 5.65. The smallest absolute Gasteiger partial charge is 0.333 e. The van der Waals surface area contributed by atoms with Crippen LogP contribution < -0.4 is 0 Å². The molecule has 0 radical (unpaired) electrons. The Kier molecular flexibility index (Phi) is 4.81. The number of aryl methyl sites for hydroxylation is 2. The molecule has 0 atom stereocenters. The molecule has 0 fully saturated rings. The van der Waals surface area contributed by atoms with Gasteiger partial charge in [0.15, 0.2) is 0 Å². The summed E-state index contributed by atoms with van der Waals surface area (Å²) in [4.78, 5) is 11.7. The van der Waals surface area contributed by atoms with Crippen LogP contribution in [0.15, 0.2) is 42.5 Å². The fraction of sp³-hybridized carbons (Fsp3) is 0.250. The van der Waals surface area contributed by atoms with Gasteiger partial charge in [0.05, 0.1) is 0 Å². The van der Waals surface area contributed by atoms with Gasteiger partial charge in [0.1, 0.15) is 6.61 Å². The third-order valence-electron chi connectivity index (χ3n) is 3.77. The van der Waals surface area contributed by atoms with Gasteiger partial charge in [-0.05, 0) is 55.7 Å². The Labute approximate surface area is 132 Å². The van der Waals surface area contributed by atoms with Crippen molar-refractivity contribution in [3.8, 4) is 0 Å². The van der Waals surface area contributed by atoms with E-state index in [1.807, 2.05) is 13.0 Å². The normalized spacial score (nSPS) is 11.1. The lowest BCUT2D eigenvalue weighted by Gasteiger charge is -2.14. The van der Waals surface area contributed by atoms with Crippen molar-refractivity contribution in [3.05, 3.63) is 64.7 Å². The SMILES string of the molecule is C=C(C)C(=O)OCc1c(C=CC)cc2cc(C)ccc2c1C. The predicted octanol–water partition coefficient (Wildman–Crippen LogP) is 5.11. The largest absolute Gasteiger partial charge is 0.457 e. The molecule has 0 unspecified atom stereocenters. The van der Waals surface area contributed by atoms with Crippen molar-refractivity contribution in [2.45, 2.75) is 34.3 Å². The zero-order chi connectivity index (χ0) is 16.3. The van der Waals surface area contributed by atoms with Crippen LogP contribution in [0.5, 0.6) is 0 Å². The van der Waals surface area contributed by atoms with Gasteiger partial charge in [-0.15, -0.1) is 0 Å². The second kappa shape index (κ2) is 6.61. The van der Waals surface area contributed by atoms with E-state index in [0.717, 1.165) is 16.7 Å². The lowest BCUT2D eigenvalue weighted by atomic mass is 9.94. The lowest BCUT2D eigenvalue weighted by Crippen LogP contribution is -2.07. The van der Waals surface area contributed by atoms with Crippen LogP contribution >= 0.6 is 0 Å². The summed E-state index contributed by atoms with van der Waals surface area (Å²) in [5, 5.41) is 2.40. The Morgan fingerprint density at radius 1 is 1.27 bits per heavy atom. The van der Waals surface area contributed by atoms with Crippen LogP contribution in [0.4, 0.5) is 0 Å². The van der Waals surface area contributed by atoms with Crippen LogP contribution in [0, 0.1) is 13.8 Å². The van der Waals surface area contributed by atoms with Crippen molar-refractivity contribution in [3.63, 3.8) is 0 Å². The molecule has 0 aliphatic heterocycles. The van der Waals surface area contributed by atoms with Crippen molar-refractivity contribution in [2.24, 2.45) is 0 Å². The topological polar surface area (TPSA) is 26.3 Å².